The van der Waals surface area contributed by atoms with Gasteiger partial charge in [0.05, 0.1) is 21.9 Å². The molecule has 0 fully saturated rings. The second kappa shape index (κ2) is 13.4. The largest absolute Gasteiger partial charge is 0.494 e. The van der Waals surface area contributed by atoms with Gasteiger partial charge in [0.1, 0.15) is 22.7 Å². The molecule has 0 atom stereocenters. The predicted molar refractivity (Wildman–Crippen MR) is 157 cm³/mol. The number of nitrogens with zero attached hydrogens (tertiary/aromatic N) is 5. The van der Waals surface area contributed by atoms with Crippen molar-refractivity contribution in [3.63, 3.8) is 0 Å². The van der Waals surface area contributed by atoms with Crippen LogP contribution in [0.2, 0.25) is 0 Å². The molecule has 13 heteroatoms. The number of ether oxygens (including phenoxy) is 2. The van der Waals surface area contributed by atoms with E-state index in [0.29, 0.717) is 33.8 Å². The van der Waals surface area contributed by atoms with Crippen LogP contribution >= 0.6 is 8.15 Å². The Morgan fingerprint density at radius 3 is 2.40 bits per heavy atom. The number of aromatic nitrogens is 4. The molecule has 0 bridgehead atoms. The van der Waals surface area contributed by atoms with Crippen LogP contribution in [0.1, 0.15) is 29.8 Å². The summed E-state index contributed by atoms with van der Waals surface area (Å²) in [5, 5.41) is 7.43. The second-order valence-corrected chi connectivity index (χ2v) is 11.4. The smallest absolute Gasteiger partial charge is 0.377 e. The number of hydrogen-bond donors (Lipinski definition) is 0. The fourth-order valence-corrected chi connectivity index (χ4v) is 4.63. The Bertz CT molecular complexity index is 1620. The van der Waals surface area contributed by atoms with Crippen LogP contribution in [0.15, 0.2) is 71.5 Å². The zero-order chi connectivity index (χ0) is 30.4. The number of hydrogen-bond acceptors (Lipinski definition) is 8. The van der Waals surface area contributed by atoms with Crippen LogP contribution in [0.4, 0.5) is 14.9 Å². The number of tetrazole rings is 1. The van der Waals surface area contributed by atoms with Gasteiger partial charge in [-0.1, -0.05) is 36.4 Å². The standard InChI is InChI=1S/C29H31FN5O6P/c1-19(2)33(28(37)35-29(38)34(31-32-35)26-23(30)12-9-13-25(26)39-3)21-14-15-24(22(18-21)27(36)41-42(4)5)40-17-16-20-10-7-6-8-11-20/h6-15,18-19H,16-17H2,1-5H3. The Hall–Kier alpha value is -4.57. The van der Waals surface area contributed by atoms with E-state index in [1.54, 1.807) is 39.3 Å². The molecule has 0 aliphatic rings. The zero-order valence-electron chi connectivity index (χ0n) is 23.9. The fourth-order valence-electron chi connectivity index (χ4n) is 4.20. The zero-order valence-corrected chi connectivity index (χ0v) is 24.7. The third kappa shape index (κ3) is 6.66. The summed E-state index contributed by atoms with van der Waals surface area (Å²) in [6, 6.07) is 17.1. The van der Waals surface area contributed by atoms with Gasteiger partial charge in [-0.05, 0) is 73.5 Å². The van der Waals surface area contributed by atoms with Gasteiger partial charge in [-0.3, -0.25) is 4.90 Å². The first kappa shape index (κ1) is 30.4. The summed E-state index contributed by atoms with van der Waals surface area (Å²) in [5.41, 5.74) is 0.211. The fraction of sp³-hybridized carbons (Fsp3) is 0.276. The molecule has 1 amide bonds. The van der Waals surface area contributed by atoms with E-state index in [1.165, 1.54) is 30.2 Å². The van der Waals surface area contributed by atoms with E-state index >= 15 is 0 Å². The Kier molecular flexibility index (Phi) is 9.69. The summed E-state index contributed by atoms with van der Waals surface area (Å²) in [6.07, 6.45) is 0.618. The molecular formula is C29H31FN5O6P. The van der Waals surface area contributed by atoms with Crippen molar-refractivity contribution in [3.8, 4) is 17.2 Å². The van der Waals surface area contributed by atoms with Gasteiger partial charge in [0.25, 0.3) is 0 Å². The minimum Gasteiger partial charge on any atom is -0.494 e. The molecule has 4 rings (SSSR count). The topological polar surface area (TPSA) is 118 Å². The third-order valence-electron chi connectivity index (χ3n) is 6.08. The monoisotopic (exact) mass is 595 g/mol. The molecule has 0 unspecified atom stereocenters. The van der Waals surface area contributed by atoms with E-state index in [2.05, 4.69) is 10.4 Å². The first-order valence-corrected chi connectivity index (χ1v) is 15.2. The Morgan fingerprint density at radius 1 is 1.00 bits per heavy atom. The summed E-state index contributed by atoms with van der Waals surface area (Å²) in [4.78, 5) is 41.2. The number of benzene rings is 3. The number of carbonyl (C=O) groups is 2. The highest BCUT2D eigenvalue weighted by molar-refractivity contribution is 7.51. The van der Waals surface area contributed by atoms with Crippen LogP contribution in [0.5, 0.6) is 11.5 Å². The van der Waals surface area contributed by atoms with Crippen LogP contribution in [0.3, 0.4) is 0 Å². The lowest BCUT2D eigenvalue weighted by molar-refractivity contribution is 0.0752. The maximum atomic E-state index is 14.6. The highest BCUT2D eigenvalue weighted by atomic mass is 31.1. The van der Waals surface area contributed by atoms with Gasteiger partial charge in [-0.2, -0.15) is 4.68 Å². The minimum absolute atomic E-state index is 0.0372. The molecule has 1 heterocycles. The van der Waals surface area contributed by atoms with Crippen LogP contribution in [0.25, 0.3) is 5.69 Å². The van der Waals surface area contributed by atoms with Gasteiger partial charge in [-0.15, -0.1) is 4.68 Å². The molecule has 4 aromatic rings. The summed E-state index contributed by atoms with van der Waals surface area (Å²) in [5.74, 6) is -1.05. The van der Waals surface area contributed by atoms with Crippen molar-refractivity contribution in [2.75, 3.05) is 31.9 Å². The molecule has 11 nitrogen and oxygen atoms in total. The van der Waals surface area contributed by atoms with Gasteiger partial charge in [0.15, 0.2) is 5.82 Å². The van der Waals surface area contributed by atoms with Crippen molar-refractivity contribution in [1.29, 1.82) is 0 Å². The summed E-state index contributed by atoms with van der Waals surface area (Å²) < 4.78 is 32.4. The van der Waals surface area contributed by atoms with Crippen LogP contribution in [-0.4, -0.2) is 64.9 Å². The van der Waals surface area contributed by atoms with E-state index in [0.717, 1.165) is 11.6 Å². The van der Waals surface area contributed by atoms with Gasteiger partial charge >= 0.3 is 17.7 Å². The first-order valence-electron chi connectivity index (χ1n) is 13.0. The van der Waals surface area contributed by atoms with E-state index in [9.17, 15) is 18.8 Å². The van der Waals surface area contributed by atoms with E-state index < -0.39 is 37.7 Å². The van der Waals surface area contributed by atoms with Crippen LogP contribution in [-0.2, 0) is 10.9 Å². The minimum atomic E-state index is -1.03. The molecular weight excluding hydrogens is 564 g/mol. The Morgan fingerprint density at radius 2 is 1.74 bits per heavy atom. The summed E-state index contributed by atoms with van der Waals surface area (Å²) in [7, 11) is 0.282. The number of halogens is 1. The summed E-state index contributed by atoms with van der Waals surface area (Å²) >= 11 is 0. The van der Waals surface area contributed by atoms with Gasteiger partial charge in [0.2, 0.25) is 0 Å². The SMILES string of the molecule is COc1cccc(F)c1-n1nnn(C(=O)N(c2ccc(OCCc3ccccc3)c(C(=O)OP(C)C)c2)C(C)C)c1=O. The van der Waals surface area contributed by atoms with Crippen molar-refractivity contribution >= 4 is 25.8 Å². The molecule has 0 aliphatic heterocycles. The maximum Gasteiger partial charge on any atom is 0.377 e. The molecule has 0 aliphatic carbocycles. The van der Waals surface area contributed by atoms with Gasteiger partial charge < -0.3 is 14.0 Å². The van der Waals surface area contributed by atoms with Crippen LogP contribution in [0, 0.1) is 5.82 Å². The van der Waals surface area contributed by atoms with E-state index in [-0.39, 0.29) is 17.0 Å². The van der Waals surface area contributed by atoms with Gasteiger partial charge in [0, 0.05) is 18.2 Å². The van der Waals surface area contributed by atoms with Crippen LogP contribution < -0.4 is 20.1 Å². The normalized spacial score (nSPS) is 11.0. The van der Waals surface area contributed by atoms with E-state index in [1.807, 2.05) is 30.3 Å². The number of methoxy groups -OCH3 is 1. The predicted octanol–water partition coefficient (Wildman–Crippen LogP) is 4.89. The molecule has 1 aromatic heterocycles. The van der Waals surface area contributed by atoms with Crippen molar-refractivity contribution in [3.05, 3.63) is 94.2 Å². The second-order valence-electron chi connectivity index (χ2n) is 9.58. The Labute approximate surface area is 243 Å². The highest BCUT2D eigenvalue weighted by Gasteiger charge is 2.28. The molecule has 0 radical (unpaired) electrons. The van der Waals surface area contributed by atoms with Crippen molar-refractivity contribution in [1.82, 2.24) is 19.8 Å². The summed E-state index contributed by atoms with van der Waals surface area (Å²) in [6.45, 7) is 7.34. The number of amides is 1. The van der Waals surface area contributed by atoms with Crippen molar-refractivity contribution in [2.45, 2.75) is 26.3 Å². The molecule has 0 saturated carbocycles. The first-order chi connectivity index (χ1) is 20.1. The highest BCUT2D eigenvalue weighted by Crippen LogP contribution is 2.33. The van der Waals surface area contributed by atoms with Crippen molar-refractivity contribution in [2.24, 2.45) is 0 Å². The Balaban J connectivity index is 1.68. The molecule has 42 heavy (non-hydrogen) atoms. The number of carbonyl (C=O) groups excluding carboxylic acids is 2. The van der Waals surface area contributed by atoms with E-state index in [4.69, 9.17) is 14.0 Å². The lowest BCUT2D eigenvalue weighted by Crippen LogP contribution is -2.44. The number of para-hydroxylation sites is 1. The molecule has 0 saturated heterocycles. The average molecular weight is 596 g/mol. The number of anilines is 1. The number of rotatable bonds is 10. The molecule has 3 aromatic carbocycles. The quantitative estimate of drug-likeness (QED) is 0.188. The third-order valence-corrected chi connectivity index (χ3v) is 6.62. The lowest BCUT2D eigenvalue weighted by Gasteiger charge is -2.26. The lowest BCUT2D eigenvalue weighted by atomic mass is 10.1. The van der Waals surface area contributed by atoms with Crippen molar-refractivity contribution < 1.29 is 28.0 Å². The molecule has 0 spiro atoms. The molecule has 0 N–H and O–H groups in total. The maximum absolute atomic E-state index is 14.6. The average Bonchev–Trinajstić information content (AvgIpc) is 3.34. The van der Waals surface area contributed by atoms with Gasteiger partial charge in [-0.25, -0.2) is 18.8 Å². The molecule has 220 valence electrons.